The third-order valence-corrected chi connectivity index (χ3v) is 14.9. The molecule has 5 fully saturated rings. The summed E-state index contributed by atoms with van der Waals surface area (Å²) in [5.41, 5.74) is 0. The number of rotatable bonds is 21. The zero-order chi connectivity index (χ0) is 54.2. The topological polar surface area (TPSA) is 613 Å². The van der Waals surface area contributed by atoms with Crippen LogP contribution in [-0.2, 0) is 78.1 Å². The highest BCUT2D eigenvalue weighted by Gasteiger charge is 2.53. The highest BCUT2D eigenvalue weighted by molar-refractivity contribution is 7.48. The van der Waals surface area contributed by atoms with Crippen LogP contribution in [-0.4, -0.2) is 293 Å². The minimum atomic E-state index is -5.68. The number of aliphatic hydroxyl groups excluding tert-OH is 17. The second-order valence-electron chi connectivity index (χ2n) is 16.3. The molecule has 5 saturated heterocycles. The van der Waals surface area contributed by atoms with E-state index in [0.29, 0.717) is 0 Å². The van der Waals surface area contributed by atoms with Gasteiger partial charge in [-0.2, -0.15) is 0 Å². The molecule has 5 heterocycles. The molecule has 5 aliphatic rings. The van der Waals surface area contributed by atoms with Crippen molar-refractivity contribution in [1.82, 2.24) is 0 Å². The summed E-state index contributed by atoms with van der Waals surface area (Å²) in [4.78, 5) is 41.2. The molecule has 0 aliphatic carbocycles. The SMILES string of the molecule is O=P(O)(OC[C@H]1O[C@H](OP(=O)(O)OC[C@H]2O[C@H](OP(=O)(O)OC[C@H]3O[C@H](OP(=O)(O)OC[C@H]4OC(O)[C@@H](O)[C@@H](O)[C@@H]4O)[C@@H](O)[C@@H](O)[C@@H]3O)[C@@H](O)[C@@H](O)[C@@H]2O)[C@@H](O)[C@@H](O)[C@@H]1O)O[C@H]1O[C@H](CO)[C@@H](O)[C@H](O)[C@@H]1O. The highest BCUT2D eigenvalue weighted by atomic mass is 31.2. The number of phosphoric ester groups is 4. The van der Waals surface area contributed by atoms with Crippen LogP contribution in [0.25, 0.3) is 0 Å². The first kappa shape index (κ1) is 62.4. The zero-order valence-electron chi connectivity index (χ0n) is 36.1. The number of aliphatic hydroxyl groups is 17. The smallest absolute Gasteiger partial charge is 0.394 e. The van der Waals surface area contributed by atoms with Gasteiger partial charge >= 0.3 is 31.3 Å². The molecule has 0 bridgehead atoms. The maximum absolute atomic E-state index is 13.0. The molecule has 38 nitrogen and oxygen atoms in total. The summed E-state index contributed by atoms with van der Waals surface area (Å²) in [5.74, 6) is 0. The van der Waals surface area contributed by atoms with Crippen molar-refractivity contribution >= 4 is 31.3 Å². The van der Waals surface area contributed by atoms with Crippen LogP contribution in [0.5, 0.6) is 0 Å². The van der Waals surface area contributed by atoms with Crippen LogP contribution in [0, 0.1) is 0 Å². The van der Waals surface area contributed by atoms with Gasteiger partial charge in [0.25, 0.3) is 0 Å². The van der Waals surface area contributed by atoms with Gasteiger partial charge in [0.2, 0.25) is 0 Å². The van der Waals surface area contributed by atoms with Crippen LogP contribution in [0.1, 0.15) is 0 Å². The van der Waals surface area contributed by atoms with E-state index in [2.05, 4.69) is 22.6 Å². The molecule has 0 radical (unpaired) electrons. The third kappa shape index (κ3) is 15.4. The van der Waals surface area contributed by atoms with Crippen LogP contribution in [0.2, 0.25) is 0 Å². The molecule has 5 unspecified atom stereocenters. The predicted molar refractivity (Wildman–Crippen MR) is 210 cm³/mol. The van der Waals surface area contributed by atoms with Gasteiger partial charge in [0, 0.05) is 0 Å². The van der Waals surface area contributed by atoms with Gasteiger partial charge in [-0.05, 0) is 0 Å². The van der Waals surface area contributed by atoms with E-state index >= 15 is 0 Å². The monoisotopic (exact) mass is 1150 g/mol. The van der Waals surface area contributed by atoms with E-state index in [0.717, 1.165) is 0 Å². The molecule has 0 aromatic rings. The van der Waals surface area contributed by atoms with Crippen molar-refractivity contribution in [3.8, 4) is 0 Å². The van der Waals surface area contributed by atoms with E-state index in [1.165, 1.54) is 0 Å². The Labute approximate surface area is 402 Å². The predicted octanol–water partition coefficient (Wildman–Crippen LogP) is -11.5. The standard InChI is InChI=1S/C30H56O38P4/c31-1-6-11(32)17(38)22(43)27(61-6)65-70(50,51)57-3-8-13(34)19(40)24(45)29(63-8)67-72(54,55)59-5-10-15(36)20(41)25(46)30(64-10)68-71(52,53)58-4-9-14(35)18(39)23(44)28(62-9)66-69(48,49)56-2-7-12(33)16(37)21(42)26(47)60-7/h6-47H,1-5H2,(H,48,49)(H,50,51)(H,52,53)(H,54,55)/t6-,7-,8-,9-,10-,11-,12-,13-,14-,15-,16+,17+,18+,19+,20+,21+,22+,23+,24+,25+,26?,27-,28-,29-,30-/m1/s1. The molecule has 0 amide bonds. The summed E-state index contributed by atoms with van der Waals surface area (Å²) in [7, 11) is -22.3. The summed E-state index contributed by atoms with van der Waals surface area (Å²) < 4.78 is 114. The van der Waals surface area contributed by atoms with Crippen molar-refractivity contribution < 1.29 is 185 Å². The van der Waals surface area contributed by atoms with Gasteiger partial charge in [0.1, 0.15) is 122 Å². The Morgan fingerprint density at radius 1 is 0.292 bits per heavy atom. The average molecular weight is 1150 g/mol. The first-order valence-corrected chi connectivity index (χ1v) is 26.6. The van der Waals surface area contributed by atoms with E-state index in [1.807, 2.05) is 0 Å². The largest absolute Gasteiger partial charge is 0.474 e. The molecule has 0 aromatic carbocycles. The lowest BCUT2D eigenvalue weighted by Crippen LogP contribution is -2.59. The molecule has 72 heavy (non-hydrogen) atoms. The van der Waals surface area contributed by atoms with Crippen molar-refractivity contribution in [2.24, 2.45) is 0 Å². The lowest BCUT2D eigenvalue weighted by molar-refractivity contribution is -0.291. The quantitative estimate of drug-likeness (QED) is 0.0475. The molecule has 42 heteroatoms. The normalized spacial score (nSPS) is 47.7. The van der Waals surface area contributed by atoms with Crippen molar-refractivity contribution in [1.29, 1.82) is 0 Å². The van der Waals surface area contributed by atoms with Gasteiger partial charge in [-0.3, -0.25) is 36.2 Å². The molecular weight excluding hydrogens is 1090 g/mol. The lowest BCUT2D eigenvalue weighted by atomic mass is 9.99. The molecule has 424 valence electrons. The summed E-state index contributed by atoms with van der Waals surface area (Å²) in [5, 5.41) is 172. The fourth-order valence-corrected chi connectivity index (χ4v) is 10.3. The van der Waals surface area contributed by atoms with Gasteiger partial charge < -0.3 is 130 Å². The highest BCUT2D eigenvalue weighted by Crippen LogP contribution is 2.51. The lowest BCUT2D eigenvalue weighted by Gasteiger charge is -2.42. The van der Waals surface area contributed by atoms with E-state index in [1.54, 1.807) is 0 Å². The first-order valence-electron chi connectivity index (χ1n) is 20.6. The Balaban J connectivity index is 1.13. The van der Waals surface area contributed by atoms with E-state index < -0.39 is 218 Å². The van der Waals surface area contributed by atoms with Crippen molar-refractivity contribution in [2.45, 2.75) is 154 Å². The zero-order valence-corrected chi connectivity index (χ0v) is 39.7. The Bertz CT molecular complexity index is 1940. The minimum Gasteiger partial charge on any atom is -0.394 e. The molecule has 0 aromatic heterocycles. The van der Waals surface area contributed by atoms with Gasteiger partial charge in [-0.15, -0.1) is 0 Å². The number of hydrogen-bond acceptors (Lipinski definition) is 34. The molecule has 21 N–H and O–H groups in total. The van der Waals surface area contributed by atoms with Gasteiger partial charge in [-0.25, -0.2) is 18.3 Å². The Hall–Kier alpha value is -0.440. The minimum absolute atomic E-state index is 0.960. The van der Waals surface area contributed by atoms with Crippen LogP contribution < -0.4 is 0 Å². The van der Waals surface area contributed by atoms with Crippen molar-refractivity contribution in [3.63, 3.8) is 0 Å². The van der Waals surface area contributed by atoms with Crippen molar-refractivity contribution in [2.75, 3.05) is 33.0 Å². The molecule has 29 atom stereocenters. The maximum Gasteiger partial charge on any atom is 0.474 e. The van der Waals surface area contributed by atoms with E-state index in [-0.39, 0.29) is 0 Å². The second-order valence-corrected chi connectivity index (χ2v) is 21.9. The van der Waals surface area contributed by atoms with Gasteiger partial charge in [0.15, 0.2) is 31.5 Å². The van der Waals surface area contributed by atoms with Crippen LogP contribution in [0.15, 0.2) is 0 Å². The van der Waals surface area contributed by atoms with Crippen molar-refractivity contribution in [3.05, 3.63) is 0 Å². The summed E-state index contributed by atoms with van der Waals surface area (Å²) in [6, 6.07) is 0. The number of phosphoric acid groups is 4. The maximum atomic E-state index is 13.0. The van der Waals surface area contributed by atoms with E-state index in [4.69, 9.17) is 37.3 Å². The third-order valence-electron chi connectivity index (χ3n) is 11.1. The van der Waals surface area contributed by atoms with Gasteiger partial charge in [0.05, 0.1) is 33.0 Å². The van der Waals surface area contributed by atoms with Crippen LogP contribution in [0.4, 0.5) is 0 Å². The van der Waals surface area contributed by atoms with Crippen LogP contribution in [0.3, 0.4) is 0 Å². The fourth-order valence-electron chi connectivity index (χ4n) is 6.96. The first-order chi connectivity index (χ1) is 33.2. The number of hydrogen-bond donors (Lipinski definition) is 21. The Morgan fingerprint density at radius 3 is 0.750 bits per heavy atom. The molecule has 0 spiro atoms. The average Bonchev–Trinajstić information content (AvgIpc) is 3.30. The number of ether oxygens (including phenoxy) is 5. The van der Waals surface area contributed by atoms with Crippen LogP contribution >= 0.6 is 31.3 Å². The molecule has 5 aliphatic heterocycles. The molecular formula is C30H56O38P4. The summed E-state index contributed by atoms with van der Waals surface area (Å²) >= 11 is 0. The Morgan fingerprint density at radius 2 is 0.500 bits per heavy atom. The fraction of sp³-hybridized carbons (Fsp3) is 1.00. The molecule has 0 saturated carbocycles. The second kappa shape index (κ2) is 25.1. The Kier molecular flexibility index (Phi) is 21.8. The summed E-state index contributed by atoms with van der Waals surface area (Å²) in [6.07, 6.45) is -54.5. The van der Waals surface area contributed by atoms with E-state index in [9.17, 15) is 125 Å². The van der Waals surface area contributed by atoms with Gasteiger partial charge in [-0.1, -0.05) is 0 Å². The molecule has 5 rings (SSSR count). The summed E-state index contributed by atoms with van der Waals surface area (Å²) in [6.45, 7) is -6.12.